The fourth-order valence-electron chi connectivity index (χ4n) is 1.67. The van der Waals surface area contributed by atoms with Crippen molar-refractivity contribution in [1.29, 1.82) is 0 Å². The van der Waals surface area contributed by atoms with Crippen molar-refractivity contribution in [2.24, 2.45) is 5.73 Å². The van der Waals surface area contributed by atoms with Gasteiger partial charge in [-0.05, 0) is 31.4 Å². The highest BCUT2D eigenvalue weighted by molar-refractivity contribution is 5.89. The van der Waals surface area contributed by atoms with Gasteiger partial charge in [-0.2, -0.15) is 0 Å². The Labute approximate surface area is 109 Å². The summed E-state index contributed by atoms with van der Waals surface area (Å²) in [6.07, 6.45) is 0.640. The van der Waals surface area contributed by atoms with E-state index in [1.54, 1.807) is 0 Å². The Hall–Kier alpha value is -1.61. The topological polar surface area (TPSA) is 52.3 Å². The molecule has 0 saturated carbocycles. The summed E-state index contributed by atoms with van der Waals surface area (Å²) < 4.78 is 5.30. The molecular formula is C15H21NO2. The highest BCUT2D eigenvalue weighted by atomic mass is 16.5. The van der Waals surface area contributed by atoms with E-state index in [-0.39, 0.29) is 12.0 Å². The van der Waals surface area contributed by atoms with Crippen molar-refractivity contribution in [1.82, 2.24) is 0 Å². The van der Waals surface area contributed by atoms with Crippen LogP contribution < -0.4 is 5.73 Å². The Morgan fingerprint density at radius 2 is 1.94 bits per heavy atom. The third kappa shape index (κ3) is 4.00. The number of benzene rings is 1. The summed E-state index contributed by atoms with van der Waals surface area (Å²) >= 11 is 0. The molecule has 0 spiro atoms. The van der Waals surface area contributed by atoms with Gasteiger partial charge in [0.1, 0.15) is 6.61 Å². The predicted octanol–water partition coefficient (Wildman–Crippen LogP) is 2.80. The maximum Gasteiger partial charge on any atom is 0.334 e. The van der Waals surface area contributed by atoms with Gasteiger partial charge < -0.3 is 10.5 Å². The largest absolute Gasteiger partial charge is 0.457 e. The number of carbonyl (C=O) groups is 1. The molecule has 0 fully saturated rings. The molecule has 0 amide bonds. The molecule has 1 unspecified atom stereocenters. The van der Waals surface area contributed by atoms with Crippen molar-refractivity contribution in [3.8, 4) is 0 Å². The van der Waals surface area contributed by atoms with Crippen molar-refractivity contribution < 1.29 is 9.53 Å². The first kappa shape index (κ1) is 14.5. The van der Waals surface area contributed by atoms with E-state index in [0.717, 1.165) is 11.1 Å². The van der Waals surface area contributed by atoms with Crippen LogP contribution in [0.5, 0.6) is 0 Å². The fraction of sp³-hybridized carbons (Fsp3) is 0.400. The molecule has 0 bridgehead atoms. The molecule has 0 heterocycles. The number of hydrogen-bond acceptors (Lipinski definition) is 3. The van der Waals surface area contributed by atoms with Gasteiger partial charge in [-0.3, -0.25) is 0 Å². The first-order valence-corrected chi connectivity index (χ1v) is 6.22. The van der Waals surface area contributed by atoms with E-state index in [2.05, 4.69) is 0 Å². The molecule has 1 aromatic carbocycles. The molecule has 3 nitrogen and oxygen atoms in total. The molecule has 3 heteroatoms. The van der Waals surface area contributed by atoms with Gasteiger partial charge in [0.05, 0.1) is 0 Å². The van der Waals surface area contributed by atoms with Gasteiger partial charge in [0, 0.05) is 11.6 Å². The molecule has 0 aliphatic heterocycles. The number of esters is 1. The van der Waals surface area contributed by atoms with Crippen molar-refractivity contribution >= 4 is 5.97 Å². The Morgan fingerprint density at radius 1 is 1.33 bits per heavy atom. The molecule has 0 saturated heterocycles. The predicted molar refractivity (Wildman–Crippen MR) is 72.9 cm³/mol. The van der Waals surface area contributed by atoms with Crippen LogP contribution in [0.2, 0.25) is 0 Å². The molecule has 98 valence electrons. The van der Waals surface area contributed by atoms with Gasteiger partial charge in [0.25, 0.3) is 0 Å². The Kier molecular flexibility index (Phi) is 5.59. The molecule has 0 aliphatic rings. The van der Waals surface area contributed by atoms with Crippen molar-refractivity contribution in [3.63, 3.8) is 0 Å². The standard InChI is InChI=1S/C15H21NO2/c1-4-14(11(2)12(3)16)15(17)18-10-13-8-6-5-7-9-13/h5-9,12H,4,10,16H2,1-3H3/b14-11+. The summed E-state index contributed by atoms with van der Waals surface area (Å²) in [5.41, 5.74) is 8.36. The Balaban J connectivity index is 2.67. The van der Waals surface area contributed by atoms with Gasteiger partial charge >= 0.3 is 5.97 Å². The van der Waals surface area contributed by atoms with E-state index in [9.17, 15) is 4.79 Å². The third-order valence-electron chi connectivity index (χ3n) is 2.97. The molecule has 1 atom stereocenters. The average molecular weight is 247 g/mol. The van der Waals surface area contributed by atoms with Gasteiger partial charge in [0.2, 0.25) is 0 Å². The van der Waals surface area contributed by atoms with E-state index in [4.69, 9.17) is 10.5 Å². The highest BCUT2D eigenvalue weighted by Crippen LogP contribution is 2.14. The molecule has 0 aromatic heterocycles. The maximum atomic E-state index is 12.0. The summed E-state index contributed by atoms with van der Waals surface area (Å²) in [4.78, 5) is 12.0. The maximum absolute atomic E-state index is 12.0. The molecule has 0 aliphatic carbocycles. The lowest BCUT2D eigenvalue weighted by atomic mass is 10.0. The minimum Gasteiger partial charge on any atom is -0.457 e. The molecule has 1 rings (SSSR count). The van der Waals surface area contributed by atoms with Gasteiger partial charge in [-0.1, -0.05) is 37.3 Å². The molecular weight excluding hydrogens is 226 g/mol. The smallest absolute Gasteiger partial charge is 0.334 e. The van der Waals surface area contributed by atoms with Crippen LogP contribution in [0.1, 0.15) is 32.8 Å². The zero-order chi connectivity index (χ0) is 13.5. The lowest BCUT2D eigenvalue weighted by Gasteiger charge is -2.13. The van der Waals surface area contributed by atoms with Crippen LogP contribution in [-0.4, -0.2) is 12.0 Å². The first-order chi connectivity index (χ1) is 8.56. The van der Waals surface area contributed by atoms with Crippen LogP contribution in [0, 0.1) is 0 Å². The number of ether oxygens (including phenoxy) is 1. The zero-order valence-electron chi connectivity index (χ0n) is 11.3. The van der Waals surface area contributed by atoms with Gasteiger partial charge in [0.15, 0.2) is 0 Å². The fourth-order valence-corrected chi connectivity index (χ4v) is 1.67. The SMILES string of the molecule is CC/C(C(=O)OCc1ccccc1)=C(/C)C(C)N. The lowest BCUT2D eigenvalue weighted by molar-refractivity contribution is -0.140. The summed E-state index contributed by atoms with van der Waals surface area (Å²) in [7, 11) is 0. The van der Waals surface area contributed by atoms with Gasteiger partial charge in [-0.15, -0.1) is 0 Å². The van der Waals surface area contributed by atoms with E-state index in [0.29, 0.717) is 18.6 Å². The van der Waals surface area contributed by atoms with E-state index in [1.807, 2.05) is 51.1 Å². The lowest BCUT2D eigenvalue weighted by Crippen LogP contribution is -2.21. The van der Waals surface area contributed by atoms with E-state index >= 15 is 0 Å². The Morgan fingerprint density at radius 3 is 2.44 bits per heavy atom. The van der Waals surface area contributed by atoms with Crippen LogP contribution in [0.4, 0.5) is 0 Å². The molecule has 0 radical (unpaired) electrons. The summed E-state index contributed by atoms with van der Waals surface area (Å²) in [6, 6.07) is 9.52. The second kappa shape index (κ2) is 6.97. The van der Waals surface area contributed by atoms with Gasteiger partial charge in [-0.25, -0.2) is 4.79 Å². The quantitative estimate of drug-likeness (QED) is 0.643. The van der Waals surface area contributed by atoms with Crippen LogP contribution in [-0.2, 0) is 16.1 Å². The van der Waals surface area contributed by atoms with Crippen molar-refractivity contribution in [2.75, 3.05) is 0 Å². The van der Waals surface area contributed by atoms with Crippen molar-refractivity contribution in [3.05, 3.63) is 47.0 Å². The molecule has 18 heavy (non-hydrogen) atoms. The third-order valence-corrected chi connectivity index (χ3v) is 2.97. The van der Waals surface area contributed by atoms with E-state index < -0.39 is 0 Å². The van der Waals surface area contributed by atoms with Crippen molar-refractivity contribution in [2.45, 2.75) is 39.8 Å². The monoisotopic (exact) mass is 247 g/mol. The van der Waals surface area contributed by atoms with Crippen LogP contribution >= 0.6 is 0 Å². The van der Waals surface area contributed by atoms with Crippen LogP contribution in [0.25, 0.3) is 0 Å². The number of hydrogen-bond donors (Lipinski definition) is 1. The normalized spacial score (nSPS) is 13.8. The molecule has 1 aromatic rings. The summed E-state index contributed by atoms with van der Waals surface area (Å²) in [6.45, 7) is 5.99. The Bertz CT molecular complexity index is 421. The molecule has 2 N–H and O–H groups in total. The van der Waals surface area contributed by atoms with Crippen LogP contribution in [0.3, 0.4) is 0 Å². The zero-order valence-corrected chi connectivity index (χ0v) is 11.3. The number of carbonyl (C=O) groups excluding carboxylic acids is 1. The first-order valence-electron chi connectivity index (χ1n) is 6.22. The summed E-state index contributed by atoms with van der Waals surface area (Å²) in [5, 5.41) is 0. The second-order valence-corrected chi connectivity index (χ2v) is 4.37. The average Bonchev–Trinajstić information content (AvgIpc) is 2.38. The minimum absolute atomic E-state index is 0.121. The number of rotatable bonds is 5. The van der Waals surface area contributed by atoms with E-state index in [1.165, 1.54) is 0 Å². The summed E-state index contributed by atoms with van der Waals surface area (Å²) in [5.74, 6) is -0.267. The second-order valence-electron chi connectivity index (χ2n) is 4.37. The van der Waals surface area contributed by atoms with Crippen LogP contribution in [0.15, 0.2) is 41.5 Å². The minimum atomic E-state index is -0.267. The number of nitrogens with two attached hydrogens (primary N) is 1. The highest BCUT2D eigenvalue weighted by Gasteiger charge is 2.14.